The zero-order valence-corrected chi connectivity index (χ0v) is 18.9. The van der Waals surface area contributed by atoms with Crippen LogP contribution in [-0.2, 0) is 23.3 Å². The van der Waals surface area contributed by atoms with Crippen LogP contribution < -0.4 is 0 Å². The van der Waals surface area contributed by atoms with Gasteiger partial charge >= 0.3 is 0 Å². The highest BCUT2D eigenvalue weighted by atomic mass is 16.5. The Bertz CT molecular complexity index is 996. The van der Waals surface area contributed by atoms with Gasteiger partial charge < -0.3 is 9.26 Å². The standard InChI is InChI=1S/C26H32N4O2/c1-20-8-10-22(11-9-20)26(12-2-3-13-26)25-28-24(32-29-25)18-30-15-5-7-23(17-30)31-19-21-6-4-14-27-16-21/h4,6,8-11,14,16,23H,2-3,5,7,12-13,15,17-19H2,1H3/t23-/m1/s1. The molecule has 1 aliphatic carbocycles. The first-order valence-electron chi connectivity index (χ1n) is 11.8. The van der Waals surface area contributed by atoms with E-state index >= 15 is 0 Å². The summed E-state index contributed by atoms with van der Waals surface area (Å²) in [5.74, 6) is 1.57. The van der Waals surface area contributed by atoms with Crippen molar-refractivity contribution in [2.24, 2.45) is 0 Å². The molecule has 0 radical (unpaired) electrons. The second-order valence-corrected chi connectivity index (χ2v) is 9.34. The number of pyridine rings is 1. The Kier molecular flexibility index (Phi) is 6.32. The van der Waals surface area contributed by atoms with Crippen molar-refractivity contribution in [3.05, 3.63) is 77.2 Å². The van der Waals surface area contributed by atoms with E-state index in [2.05, 4.69) is 52.3 Å². The number of hydrogen-bond donors (Lipinski definition) is 0. The third-order valence-corrected chi connectivity index (χ3v) is 6.99. The lowest BCUT2D eigenvalue weighted by molar-refractivity contribution is -0.0142. The number of ether oxygens (including phenoxy) is 1. The van der Waals surface area contributed by atoms with Crippen molar-refractivity contribution < 1.29 is 9.26 Å². The molecule has 0 bridgehead atoms. The fraction of sp³-hybridized carbons (Fsp3) is 0.500. The predicted molar refractivity (Wildman–Crippen MR) is 122 cm³/mol. The van der Waals surface area contributed by atoms with Crippen LogP contribution in [0.1, 0.15) is 66.9 Å². The summed E-state index contributed by atoms with van der Waals surface area (Å²) in [6.45, 7) is 5.35. The molecule has 0 spiro atoms. The van der Waals surface area contributed by atoms with E-state index in [1.807, 2.05) is 12.3 Å². The van der Waals surface area contributed by atoms with Crippen LogP contribution in [0, 0.1) is 6.92 Å². The molecular weight excluding hydrogens is 400 g/mol. The maximum Gasteiger partial charge on any atom is 0.240 e. The lowest BCUT2D eigenvalue weighted by Crippen LogP contribution is -2.39. The number of hydrogen-bond acceptors (Lipinski definition) is 6. The molecule has 1 saturated carbocycles. The van der Waals surface area contributed by atoms with Gasteiger partial charge in [-0.15, -0.1) is 0 Å². The normalized spacial score (nSPS) is 21.1. The summed E-state index contributed by atoms with van der Waals surface area (Å²) in [6.07, 6.45) is 10.7. The smallest absolute Gasteiger partial charge is 0.240 e. The zero-order chi connectivity index (χ0) is 21.8. The van der Waals surface area contributed by atoms with Crippen LogP contribution in [0.25, 0.3) is 0 Å². The number of aryl methyl sites for hydroxylation is 1. The van der Waals surface area contributed by atoms with Crippen LogP contribution in [-0.4, -0.2) is 39.2 Å². The number of piperidine rings is 1. The zero-order valence-electron chi connectivity index (χ0n) is 18.9. The first-order valence-corrected chi connectivity index (χ1v) is 11.8. The van der Waals surface area contributed by atoms with E-state index < -0.39 is 0 Å². The Labute approximate surface area is 190 Å². The second kappa shape index (κ2) is 9.51. The molecule has 0 N–H and O–H groups in total. The number of nitrogens with zero attached hydrogens (tertiary/aromatic N) is 4. The molecular formula is C26H32N4O2. The summed E-state index contributed by atoms with van der Waals surface area (Å²) in [5, 5.41) is 4.48. The summed E-state index contributed by atoms with van der Waals surface area (Å²) in [4.78, 5) is 11.5. The Balaban J connectivity index is 1.24. The molecule has 1 aliphatic heterocycles. The molecule has 2 aliphatic rings. The minimum atomic E-state index is -0.104. The molecule has 1 saturated heterocycles. The molecule has 2 fully saturated rings. The first kappa shape index (κ1) is 21.3. The fourth-order valence-electron chi connectivity index (χ4n) is 5.19. The molecule has 5 rings (SSSR count). The monoisotopic (exact) mass is 432 g/mol. The van der Waals surface area contributed by atoms with Crippen molar-refractivity contribution in [3.63, 3.8) is 0 Å². The average molecular weight is 433 g/mol. The van der Waals surface area contributed by atoms with E-state index in [1.165, 1.54) is 24.0 Å². The van der Waals surface area contributed by atoms with Gasteiger partial charge in [-0.05, 0) is 56.3 Å². The van der Waals surface area contributed by atoms with Crippen molar-refractivity contribution in [2.45, 2.75) is 70.1 Å². The maximum atomic E-state index is 6.16. The van der Waals surface area contributed by atoms with Gasteiger partial charge in [0.1, 0.15) is 0 Å². The van der Waals surface area contributed by atoms with Crippen molar-refractivity contribution >= 4 is 0 Å². The number of rotatable bonds is 7. The molecule has 1 atom stereocenters. The highest BCUT2D eigenvalue weighted by Crippen LogP contribution is 2.45. The molecule has 1 aromatic carbocycles. The molecule has 3 heterocycles. The van der Waals surface area contributed by atoms with Gasteiger partial charge in [0.2, 0.25) is 5.89 Å². The molecule has 6 heteroatoms. The Morgan fingerprint density at radius 2 is 1.97 bits per heavy atom. The third-order valence-electron chi connectivity index (χ3n) is 6.99. The summed E-state index contributed by atoms with van der Waals surface area (Å²) < 4.78 is 11.9. The molecule has 0 unspecified atom stereocenters. The minimum Gasteiger partial charge on any atom is -0.372 e. The second-order valence-electron chi connectivity index (χ2n) is 9.34. The molecule has 32 heavy (non-hydrogen) atoms. The summed E-state index contributed by atoms with van der Waals surface area (Å²) in [6, 6.07) is 12.9. The lowest BCUT2D eigenvalue weighted by Gasteiger charge is -2.31. The van der Waals surface area contributed by atoms with Crippen molar-refractivity contribution in [3.8, 4) is 0 Å². The van der Waals surface area contributed by atoms with Gasteiger partial charge in [0, 0.05) is 18.9 Å². The fourth-order valence-corrected chi connectivity index (χ4v) is 5.19. The van der Waals surface area contributed by atoms with Crippen LogP contribution in [0.2, 0.25) is 0 Å². The van der Waals surface area contributed by atoms with E-state index in [4.69, 9.17) is 14.2 Å². The number of likely N-dealkylation sites (tertiary alicyclic amines) is 1. The molecule has 0 amide bonds. The van der Waals surface area contributed by atoms with E-state index in [1.54, 1.807) is 6.20 Å². The van der Waals surface area contributed by atoms with Crippen LogP contribution in [0.3, 0.4) is 0 Å². The van der Waals surface area contributed by atoms with Gasteiger partial charge in [0.15, 0.2) is 5.82 Å². The van der Waals surface area contributed by atoms with Gasteiger partial charge in [-0.2, -0.15) is 4.98 Å². The molecule has 3 aromatic rings. The minimum absolute atomic E-state index is 0.104. The topological polar surface area (TPSA) is 64.3 Å². The Morgan fingerprint density at radius 1 is 1.12 bits per heavy atom. The van der Waals surface area contributed by atoms with Crippen LogP contribution in [0.15, 0.2) is 53.3 Å². The van der Waals surface area contributed by atoms with E-state index in [-0.39, 0.29) is 11.5 Å². The Morgan fingerprint density at radius 3 is 2.75 bits per heavy atom. The Hall–Kier alpha value is -2.57. The largest absolute Gasteiger partial charge is 0.372 e. The number of benzene rings is 1. The lowest BCUT2D eigenvalue weighted by atomic mass is 9.78. The third kappa shape index (κ3) is 4.62. The van der Waals surface area contributed by atoms with Crippen LogP contribution in [0.5, 0.6) is 0 Å². The average Bonchev–Trinajstić information content (AvgIpc) is 3.50. The van der Waals surface area contributed by atoms with Gasteiger partial charge in [0.05, 0.1) is 24.7 Å². The molecule has 6 nitrogen and oxygen atoms in total. The van der Waals surface area contributed by atoms with Gasteiger partial charge in [-0.25, -0.2) is 0 Å². The molecule has 2 aromatic heterocycles. The van der Waals surface area contributed by atoms with E-state index in [0.717, 1.165) is 50.2 Å². The number of aromatic nitrogens is 3. The van der Waals surface area contributed by atoms with E-state index in [9.17, 15) is 0 Å². The van der Waals surface area contributed by atoms with E-state index in [0.29, 0.717) is 19.0 Å². The van der Waals surface area contributed by atoms with Crippen LogP contribution in [0.4, 0.5) is 0 Å². The van der Waals surface area contributed by atoms with Crippen LogP contribution >= 0.6 is 0 Å². The highest BCUT2D eigenvalue weighted by molar-refractivity contribution is 5.35. The van der Waals surface area contributed by atoms with Crippen molar-refractivity contribution in [2.75, 3.05) is 13.1 Å². The quantitative estimate of drug-likeness (QED) is 0.534. The SMILES string of the molecule is Cc1ccc(C2(c3noc(CN4CCC[C@@H](OCc5cccnc5)C4)n3)CCCC2)cc1. The maximum absolute atomic E-state index is 6.16. The summed E-state index contributed by atoms with van der Waals surface area (Å²) in [5.41, 5.74) is 3.60. The molecule has 168 valence electrons. The van der Waals surface area contributed by atoms with Crippen molar-refractivity contribution in [1.29, 1.82) is 0 Å². The van der Waals surface area contributed by atoms with Crippen molar-refractivity contribution in [1.82, 2.24) is 20.0 Å². The first-order chi connectivity index (χ1) is 15.7. The van der Waals surface area contributed by atoms with Gasteiger partial charge in [-0.3, -0.25) is 9.88 Å². The predicted octanol–water partition coefficient (Wildman–Crippen LogP) is 4.81. The summed E-state index contributed by atoms with van der Waals surface area (Å²) in [7, 11) is 0. The highest BCUT2D eigenvalue weighted by Gasteiger charge is 2.41. The van der Waals surface area contributed by atoms with Gasteiger partial charge in [-0.1, -0.05) is 53.9 Å². The summed E-state index contributed by atoms with van der Waals surface area (Å²) >= 11 is 0. The van der Waals surface area contributed by atoms with Gasteiger partial charge in [0.25, 0.3) is 0 Å².